The topological polar surface area (TPSA) is 106 Å². The van der Waals surface area contributed by atoms with Crippen LogP contribution in [0.5, 0.6) is 0 Å². The molecule has 3 aromatic rings. The number of hydrogen-bond acceptors (Lipinski definition) is 6. The second-order valence-electron chi connectivity index (χ2n) is 8.19. The number of sulfone groups is 1. The van der Waals surface area contributed by atoms with E-state index >= 15 is 0 Å². The fraction of sp³-hybridized carbons (Fsp3) is 0.450. The lowest BCUT2D eigenvalue weighted by Crippen LogP contribution is -2.07. The fourth-order valence-corrected chi connectivity index (χ4v) is 5.62. The quantitative estimate of drug-likeness (QED) is 0.670. The first-order chi connectivity index (χ1) is 14.1. The third-order valence-corrected chi connectivity index (χ3v) is 7.67. The third kappa shape index (κ3) is 2.78. The van der Waals surface area contributed by atoms with Crippen LogP contribution in [0.3, 0.4) is 0 Å². The summed E-state index contributed by atoms with van der Waals surface area (Å²) in [4.78, 5) is 4.26. The fourth-order valence-electron chi connectivity index (χ4n) is 4.61. The van der Waals surface area contributed by atoms with Gasteiger partial charge in [0, 0.05) is 11.9 Å². The van der Waals surface area contributed by atoms with E-state index in [4.69, 9.17) is 0 Å². The molecule has 0 bridgehead atoms. The molecule has 9 heteroatoms. The summed E-state index contributed by atoms with van der Waals surface area (Å²) < 4.78 is 27.5. The van der Waals surface area contributed by atoms with Gasteiger partial charge >= 0.3 is 0 Å². The molecule has 2 heterocycles. The molecule has 3 aliphatic rings. The molecular weight excluding hydrogens is 388 g/mol. The van der Waals surface area contributed by atoms with E-state index in [0.717, 1.165) is 57.1 Å². The van der Waals surface area contributed by atoms with Gasteiger partial charge in [0.1, 0.15) is 0 Å². The number of nitrogens with one attached hydrogen (secondary N) is 2. The number of aryl methyl sites for hydroxylation is 2. The molecule has 3 aliphatic carbocycles. The molecule has 0 aliphatic heterocycles. The van der Waals surface area contributed by atoms with Crippen LogP contribution < -0.4 is 5.32 Å². The minimum atomic E-state index is -3.82. The van der Waals surface area contributed by atoms with Crippen molar-refractivity contribution >= 4 is 21.5 Å². The Bertz CT molecular complexity index is 1190. The van der Waals surface area contributed by atoms with Gasteiger partial charge in [0.2, 0.25) is 5.95 Å². The molecule has 2 N–H and O–H groups in total. The normalized spacial score (nSPS) is 18.1. The van der Waals surface area contributed by atoms with Gasteiger partial charge in [0.25, 0.3) is 15.0 Å². The van der Waals surface area contributed by atoms with Gasteiger partial charge in [-0.3, -0.25) is 4.68 Å². The Morgan fingerprint density at radius 2 is 1.79 bits per heavy atom. The number of aromatic amines is 1. The smallest absolute Gasteiger partial charge is 0.260 e. The maximum Gasteiger partial charge on any atom is 0.260 e. The minimum absolute atomic E-state index is 0.00796. The summed E-state index contributed by atoms with van der Waals surface area (Å²) in [7, 11) is -3.82. The van der Waals surface area contributed by atoms with Crippen LogP contribution in [0.4, 0.5) is 11.6 Å². The molecular formula is C20H22N6O2S. The maximum absolute atomic E-state index is 12.9. The summed E-state index contributed by atoms with van der Waals surface area (Å²) in [5.41, 5.74) is 6.57. The van der Waals surface area contributed by atoms with Crippen LogP contribution >= 0.6 is 0 Å². The molecule has 0 radical (unpaired) electrons. The molecule has 1 fully saturated rings. The number of rotatable bonds is 5. The summed E-state index contributed by atoms with van der Waals surface area (Å²) in [5.74, 6) is 0.291. The lowest BCUT2D eigenvalue weighted by Gasteiger charge is -2.15. The molecule has 8 nitrogen and oxygen atoms in total. The monoisotopic (exact) mass is 410 g/mol. The predicted octanol–water partition coefficient (Wildman–Crippen LogP) is 2.89. The number of fused-ring (bicyclic) bond motifs is 2. The van der Waals surface area contributed by atoms with Crippen LogP contribution in [0.15, 0.2) is 28.5 Å². The molecule has 2 aromatic heterocycles. The summed E-state index contributed by atoms with van der Waals surface area (Å²) in [6.45, 7) is 0. The van der Waals surface area contributed by atoms with Crippen LogP contribution in [0, 0.1) is 0 Å². The van der Waals surface area contributed by atoms with Crippen LogP contribution in [-0.4, -0.2) is 33.4 Å². The van der Waals surface area contributed by atoms with Gasteiger partial charge in [-0.05, 0) is 79.7 Å². The number of benzene rings is 1. The van der Waals surface area contributed by atoms with E-state index in [2.05, 4.69) is 31.7 Å². The average Bonchev–Trinajstić information content (AvgIpc) is 3.19. The highest BCUT2D eigenvalue weighted by molar-refractivity contribution is 7.91. The number of anilines is 2. The Hall–Kier alpha value is -2.68. The highest BCUT2D eigenvalue weighted by Crippen LogP contribution is 2.39. The van der Waals surface area contributed by atoms with Crippen molar-refractivity contribution in [3.63, 3.8) is 0 Å². The van der Waals surface area contributed by atoms with Crippen molar-refractivity contribution in [2.24, 2.45) is 0 Å². The van der Waals surface area contributed by atoms with E-state index in [0.29, 0.717) is 12.0 Å². The van der Waals surface area contributed by atoms with E-state index in [1.54, 1.807) is 10.9 Å². The lowest BCUT2D eigenvalue weighted by molar-refractivity contribution is 0.571. The van der Waals surface area contributed by atoms with Crippen molar-refractivity contribution in [3.05, 3.63) is 40.6 Å². The van der Waals surface area contributed by atoms with Gasteiger partial charge < -0.3 is 5.32 Å². The molecule has 150 valence electrons. The van der Waals surface area contributed by atoms with Gasteiger partial charge in [-0.2, -0.15) is 10.1 Å². The molecule has 6 rings (SSSR count). The van der Waals surface area contributed by atoms with Crippen molar-refractivity contribution < 1.29 is 8.42 Å². The van der Waals surface area contributed by atoms with Crippen LogP contribution in [-0.2, 0) is 35.5 Å². The highest BCUT2D eigenvalue weighted by Gasteiger charge is 2.30. The molecule has 0 spiro atoms. The number of hydrogen-bond donors (Lipinski definition) is 2. The molecule has 1 saturated carbocycles. The Morgan fingerprint density at radius 1 is 1.07 bits per heavy atom. The highest BCUT2D eigenvalue weighted by atomic mass is 32.2. The Morgan fingerprint density at radius 3 is 2.48 bits per heavy atom. The summed E-state index contributed by atoms with van der Waals surface area (Å²) in [6, 6.07) is 4.22. The Labute approximate surface area is 168 Å². The van der Waals surface area contributed by atoms with Crippen molar-refractivity contribution in [3.8, 4) is 0 Å². The summed E-state index contributed by atoms with van der Waals surface area (Å²) in [5, 5.41) is 14.1. The van der Waals surface area contributed by atoms with Crippen LogP contribution in [0.2, 0.25) is 0 Å². The predicted molar refractivity (Wildman–Crippen MR) is 106 cm³/mol. The maximum atomic E-state index is 12.9. The molecule has 0 saturated heterocycles. The van der Waals surface area contributed by atoms with Crippen molar-refractivity contribution in [1.29, 1.82) is 0 Å². The minimum Gasteiger partial charge on any atom is -0.322 e. The van der Waals surface area contributed by atoms with Gasteiger partial charge in [-0.25, -0.2) is 13.5 Å². The first-order valence-electron chi connectivity index (χ1n) is 10.3. The first-order valence-corrected chi connectivity index (χ1v) is 11.7. The third-order valence-electron chi connectivity index (χ3n) is 6.21. The Balaban J connectivity index is 1.33. The van der Waals surface area contributed by atoms with Crippen LogP contribution in [0.1, 0.15) is 54.0 Å². The second kappa shape index (κ2) is 6.16. The Kier molecular flexibility index (Phi) is 3.65. The van der Waals surface area contributed by atoms with Crippen molar-refractivity contribution in [2.75, 3.05) is 5.32 Å². The van der Waals surface area contributed by atoms with E-state index in [1.807, 2.05) is 0 Å². The molecule has 29 heavy (non-hydrogen) atoms. The standard InChI is InChI=1S/C20H22N6O2S/c27-29(28,17-9-10-26(25-17)14-7-8-14)20-22-19(23-24-20)21-18-15-5-1-3-12(15)11-13-4-2-6-16(13)18/h9-11,14H,1-8H2,(H2,21,22,23,24). The summed E-state index contributed by atoms with van der Waals surface area (Å²) in [6.07, 6.45) is 10.4. The van der Waals surface area contributed by atoms with Crippen molar-refractivity contribution in [2.45, 2.75) is 67.6 Å². The number of H-pyrrole nitrogens is 1. The zero-order chi connectivity index (χ0) is 19.6. The summed E-state index contributed by atoms with van der Waals surface area (Å²) >= 11 is 0. The largest absolute Gasteiger partial charge is 0.322 e. The van der Waals surface area contributed by atoms with E-state index in [9.17, 15) is 8.42 Å². The molecule has 0 amide bonds. The van der Waals surface area contributed by atoms with Gasteiger partial charge in [-0.15, -0.1) is 5.10 Å². The lowest BCUT2D eigenvalue weighted by atomic mass is 9.99. The van der Waals surface area contributed by atoms with E-state index < -0.39 is 9.84 Å². The van der Waals surface area contributed by atoms with Gasteiger partial charge in [0.15, 0.2) is 5.03 Å². The SMILES string of the molecule is O=S(=O)(c1ccn(C2CC2)n1)c1nc(Nc2c3c(cc4c2CCC4)CCC3)n[nH]1. The number of aromatic nitrogens is 5. The molecule has 1 aromatic carbocycles. The van der Waals surface area contributed by atoms with E-state index in [1.165, 1.54) is 28.3 Å². The number of nitrogens with zero attached hydrogens (tertiary/aromatic N) is 4. The van der Waals surface area contributed by atoms with Gasteiger partial charge in [-0.1, -0.05) is 6.07 Å². The zero-order valence-electron chi connectivity index (χ0n) is 16.0. The van der Waals surface area contributed by atoms with Gasteiger partial charge in [0.05, 0.1) is 6.04 Å². The first kappa shape index (κ1) is 17.2. The average molecular weight is 411 g/mol. The van der Waals surface area contributed by atoms with E-state index in [-0.39, 0.29) is 10.2 Å². The van der Waals surface area contributed by atoms with Crippen LogP contribution in [0.25, 0.3) is 0 Å². The molecule has 0 atom stereocenters. The zero-order valence-corrected chi connectivity index (χ0v) is 16.8. The molecule has 0 unspecified atom stereocenters. The van der Waals surface area contributed by atoms with Crippen molar-refractivity contribution in [1.82, 2.24) is 25.0 Å². The second-order valence-corrected chi connectivity index (χ2v) is 10.0.